The van der Waals surface area contributed by atoms with Gasteiger partial charge >= 0.3 is 0 Å². The number of aryl methyl sites for hydroxylation is 1. The number of aliphatic hydroxyl groups excluding tert-OH is 1. The van der Waals surface area contributed by atoms with Crippen LogP contribution in [0.1, 0.15) is 30.9 Å². The van der Waals surface area contributed by atoms with E-state index in [9.17, 15) is 5.11 Å². The monoisotopic (exact) mass is 192 g/mol. The van der Waals surface area contributed by atoms with Gasteiger partial charge in [-0.25, -0.2) is 0 Å². The van der Waals surface area contributed by atoms with E-state index in [-0.39, 0.29) is 6.10 Å². The van der Waals surface area contributed by atoms with Gasteiger partial charge in [-0.1, -0.05) is 13.0 Å². The molecular formula is C12H16O2. The van der Waals surface area contributed by atoms with E-state index < -0.39 is 0 Å². The van der Waals surface area contributed by atoms with Gasteiger partial charge in [0, 0.05) is 5.56 Å². The Hall–Kier alpha value is -1.02. The maximum absolute atomic E-state index is 9.63. The highest BCUT2D eigenvalue weighted by molar-refractivity contribution is 5.68. The normalized spacial score (nSPS) is 27.5. The highest BCUT2D eigenvalue weighted by Gasteiger charge is 2.19. The fourth-order valence-corrected chi connectivity index (χ4v) is 2.13. The molecule has 0 saturated heterocycles. The van der Waals surface area contributed by atoms with E-state index in [1.807, 2.05) is 13.0 Å². The summed E-state index contributed by atoms with van der Waals surface area (Å²) in [7, 11) is 0. The summed E-state index contributed by atoms with van der Waals surface area (Å²) in [4.78, 5) is 0. The first-order chi connectivity index (χ1) is 6.66. The summed E-state index contributed by atoms with van der Waals surface area (Å²) in [5.74, 6) is 0.555. The SMILES string of the molecule is Cc1cocc1C1=CC(O)CC(C)C1. The van der Waals surface area contributed by atoms with E-state index in [1.54, 1.807) is 12.5 Å². The molecular weight excluding hydrogens is 176 g/mol. The van der Waals surface area contributed by atoms with Crippen molar-refractivity contribution < 1.29 is 9.52 Å². The highest BCUT2D eigenvalue weighted by Crippen LogP contribution is 2.32. The van der Waals surface area contributed by atoms with Crippen LogP contribution in [0.5, 0.6) is 0 Å². The van der Waals surface area contributed by atoms with E-state index in [0.29, 0.717) is 5.92 Å². The van der Waals surface area contributed by atoms with Crippen LogP contribution in [-0.2, 0) is 0 Å². The molecule has 0 saturated carbocycles. The van der Waals surface area contributed by atoms with Crippen LogP contribution in [0.4, 0.5) is 0 Å². The van der Waals surface area contributed by atoms with Crippen molar-refractivity contribution in [1.82, 2.24) is 0 Å². The second-order valence-electron chi connectivity index (χ2n) is 4.27. The molecule has 0 radical (unpaired) electrons. The average Bonchev–Trinajstić information content (AvgIpc) is 2.49. The molecule has 0 aliphatic heterocycles. The van der Waals surface area contributed by atoms with Gasteiger partial charge in [-0.2, -0.15) is 0 Å². The van der Waals surface area contributed by atoms with Crippen LogP contribution in [0, 0.1) is 12.8 Å². The van der Waals surface area contributed by atoms with E-state index in [0.717, 1.165) is 24.0 Å². The topological polar surface area (TPSA) is 33.4 Å². The molecule has 2 atom stereocenters. The summed E-state index contributed by atoms with van der Waals surface area (Å²) in [6.07, 6.45) is 7.10. The molecule has 2 rings (SSSR count). The first-order valence-electron chi connectivity index (χ1n) is 5.08. The number of rotatable bonds is 1. The van der Waals surface area contributed by atoms with E-state index >= 15 is 0 Å². The quantitative estimate of drug-likeness (QED) is 0.742. The minimum Gasteiger partial charge on any atom is -0.472 e. The first-order valence-corrected chi connectivity index (χ1v) is 5.08. The third-order valence-corrected chi connectivity index (χ3v) is 2.81. The maximum Gasteiger partial charge on any atom is 0.0980 e. The van der Waals surface area contributed by atoms with Crippen molar-refractivity contribution in [2.45, 2.75) is 32.8 Å². The fraction of sp³-hybridized carbons (Fsp3) is 0.500. The fourth-order valence-electron chi connectivity index (χ4n) is 2.13. The largest absolute Gasteiger partial charge is 0.472 e. The van der Waals surface area contributed by atoms with Gasteiger partial charge < -0.3 is 9.52 Å². The molecule has 0 aromatic carbocycles. The standard InChI is InChI=1S/C12H16O2/c1-8-3-10(5-11(13)4-8)12-7-14-6-9(12)2/h5-8,11,13H,3-4H2,1-2H3. The molecule has 1 N–H and O–H groups in total. The molecule has 1 heterocycles. The van der Waals surface area contributed by atoms with Crippen LogP contribution in [0.3, 0.4) is 0 Å². The summed E-state index contributed by atoms with van der Waals surface area (Å²) in [5, 5.41) is 9.63. The molecule has 2 heteroatoms. The van der Waals surface area contributed by atoms with Gasteiger partial charge in [-0.15, -0.1) is 0 Å². The van der Waals surface area contributed by atoms with Crippen LogP contribution >= 0.6 is 0 Å². The Labute approximate surface area is 84.2 Å². The second-order valence-corrected chi connectivity index (χ2v) is 4.27. The van der Waals surface area contributed by atoms with Crippen LogP contribution in [0.15, 0.2) is 23.0 Å². The Morgan fingerprint density at radius 2 is 2.21 bits per heavy atom. The lowest BCUT2D eigenvalue weighted by Crippen LogP contribution is -2.15. The van der Waals surface area contributed by atoms with E-state index in [4.69, 9.17) is 4.42 Å². The Morgan fingerprint density at radius 1 is 1.43 bits per heavy atom. The molecule has 0 spiro atoms. The average molecular weight is 192 g/mol. The van der Waals surface area contributed by atoms with Crippen LogP contribution < -0.4 is 0 Å². The van der Waals surface area contributed by atoms with Crippen molar-refractivity contribution in [3.63, 3.8) is 0 Å². The van der Waals surface area contributed by atoms with Gasteiger partial charge in [0.25, 0.3) is 0 Å². The van der Waals surface area contributed by atoms with Crippen molar-refractivity contribution in [2.75, 3.05) is 0 Å². The number of furan rings is 1. The van der Waals surface area contributed by atoms with Crippen molar-refractivity contribution in [3.8, 4) is 0 Å². The minimum atomic E-state index is -0.289. The molecule has 76 valence electrons. The molecule has 2 unspecified atom stereocenters. The van der Waals surface area contributed by atoms with Crippen molar-refractivity contribution in [2.24, 2.45) is 5.92 Å². The molecule has 2 nitrogen and oxygen atoms in total. The Kier molecular flexibility index (Phi) is 2.46. The summed E-state index contributed by atoms with van der Waals surface area (Å²) in [6, 6.07) is 0. The highest BCUT2D eigenvalue weighted by atomic mass is 16.3. The molecule has 1 aromatic heterocycles. The minimum absolute atomic E-state index is 0.289. The molecule has 1 aliphatic rings. The lowest BCUT2D eigenvalue weighted by molar-refractivity contribution is 0.185. The Balaban J connectivity index is 2.30. The molecule has 0 bridgehead atoms. The molecule has 1 aromatic rings. The predicted molar refractivity (Wildman–Crippen MR) is 55.8 cm³/mol. The summed E-state index contributed by atoms with van der Waals surface area (Å²) >= 11 is 0. The van der Waals surface area contributed by atoms with E-state index in [2.05, 4.69) is 6.92 Å². The summed E-state index contributed by atoms with van der Waals surface area (Å²) in [5.41, 5.74) is 3.52. The number of hydrogen-bond donors (Lipinski definition) is 1. The number of allylic oxidation sites excluding steroid dienone is 1. The number of aliphatic hydroxyl groups is 1. The first kappa shape index (κ1) is 9.53. The number of hydrogen-bond acceptors (Lipinski definition) is 2. The summed E-state index contributed by atoms with van der Waals surface area (Å²) in [6.45, 7) is 4.21. The molecule has 1 aliphatic carbocycles. The van der Waals surface area contributed by atoms with Gasteiger partial charge in [0.05, 0.1) is 18.6 Å². The van der Waals surface area contributed by atoms with Crippen molar-refractivity contribution in [1.29, 1.82) is 0 Å². The Morgan fingerprint density at radius 3 is 2.79 bits per heavy atom. The zero-order valence-corrected chi connectivity index (χ0v) is 8.66. The van der Waals surface area contributed by atoms with E-state index in [1.165, 1.54) is 5.57 Å². The third kappa shape index (κ3) is 1.75. The van der Waals surface area contributed by atoms with Crippen molar-refractivity contribution >= 4 is 5.57 Å². The predicted octanol–water partition coefficient (Wildman–Crippen LogP) is 2.76. The van der Waals surface area contributed by atoms with Gasteiger partial charge in [0.1, 0.15) is 0 Å². The van der Waals surface area contributed by atoms with Gasteiger partial charge in [-0.3, -0.25) is 0 Å². The second kappa shape index (κ2) is 3.62. The zero-order valence-electron chi connectivity index (χ0n) is 8.66. The molecule has 0 amide bonds. The Bertz CT molecular complexity index is 349. The molecule has 14 heavy (non-hydrogen) atoms. The van der Waals surface area contributed by atoms with Crippen LogP contribution in [0.2, 0.25) is 0 Å². The molecule has 0 fully saturated rings. The van der Waals surface area contributed by atoms with Gasteiger partial charge in [0.2, 0.25) is 0 Å². The smallest absolute Gasteiger partial charge is 0.0980 e. The lowest BCUT2D eigenvalue weighted by Gasteiger charge is -2.22. The van der Waals surface area contributed by atoms with Gasteiger partial charge in [0.15, 0.2) is 0 Å². The zero-order chi connectivity index (χ0) is 10.1. The van der Waals surface area contributed by atoms with Crippen molar-refractivity contribution in [3.05, 3.63) is 29.7 Å². The summed E-state index contributed by atoms with van der Waals surface area (Å²) < 4.78 is 5.15. The van der Waals surface area contributed by atoms with Crippen LogP contribution in [-0.4, -0.2) is 11.2 Å². The van der Waals surface area contributed by atoms with Crippen LogP contribution in [0.25, 0.3) is 5.57 Å². The maximum atomic E-state index is 9.63. The third-order valence-electron chi connectivity index (χ3n) is 2.81. The lowest BCUT2D eigenvalue weighted by atomic mass is 9.85. The van der Waals surface area contributed by atoms with Gasteiger partial charge in [-0.05, 0) is 36.8 Å².